The number of thioether (sulfide) groups is 1. The minimum Gasteiger partial charge on any atom is -0.313 e. The van der Waals surface area contributed by atoms with Crippen molar-refractivity contribution in [2.75, 3.05) is 18.1 Å². The molecule has 1 aliphatic heterocycles. The maximum Gasteiger partial charge on any atom is 0.0684 e. The summed E-state index contributed by atoms with van der Waals surface area (Å²) in [5.74, 6) is 2.53. The lowest BCUT2D eigenvalue weighted by atomic mass is 9.91. The van der Waals surface area contributed by atoms with E-state index in [9.17, 15) is 0 Å². The molecule has 0 aromatic heterocycles. The number of hydrogen-bond acceptors (Lipinski definition) is 3. The van der Waals surface area contributed by atoms with Crippen molar-refractivity contribution < 1.29 is 0 Å². The Kier molecular flexibility index (Phi) is 4.08. The molecule has 1 heterocycles. The topological polar surface area (TPSA) is 35.8 Å². The molecule has 0 spiro atoms. The standard InChI is InChI=1S/C10H18N2S/c1-10(2,8-11)4-5-12-9-3-6-13-7-9/h9,12H,3-7H2,1-2H3. The van der Waals surface area contributed by atoms with Crippen LogP contribution in [0, 0.1) is 16.7 Å². The minimum absolute atomic E-state index is 0.168. The molecule has 0 amide bonds. The van der Waals surface area contributed by atoms with Gasteiger partial charge in [-0.25, -0.2) is 0 Å². The highest BCUT2D eigenvalue weighted by molar-refractivity contribution is 7.99. The third-order valence-electron chi connectivity index (χ3n) is 2.42. The second-order valence-corrected chi connectivity index (χ2v) is 5.41. The predicted octanol–water partition coefficient (Wildman–Crippen LogP) is 2.02. The van der Waals surface area contributed by atoms with E-state index in [2.05, 4.69) is 11.4 Å². The molecule has 74 valence electrons. The van der Waals surface area contributed by atoms with Crippen LogP contribution < -0.4 is 5.32 Å². The molecular formula is C10H18N2S. The second kappa shape index (κ2) is 4.88. The molecule has 0 saturated carbocycles. The van der Waals surface area contributed by atoms with E-state index in [1.807, 2.05) is 25.6 Å². The maximum atomic E-state index is 8.80. The number of nitriles is 1. The lowest BCUT2D eigenvalue weighted by molar-refractivity contribution is 0.415. The molecular weight excluding hydrogens is 180 g/mol. The first kappa shape index (κ1) is 10.9. The van der Waals surface area contributed by atoms with Gasteiger partial charge in [-0.2, -0.15) is 17.0 Å². The Bertz CT molecular complexity index is 190. The van der Waals surface area contributed by atoms with Crippen molar-refractivity contribution in [2.24, 2.45) is 5.41 Å². The predicted molar refractivity (Wildman–Crippen MR) is 57.7 cm³/mol. The van der Waals surface area contributed by atoms with E-state index in [1.54, 1.807) is 0 Å². The van der Waals surface area contributed by atoms with Gasteiger partial charge in [0.15, 0.2) is 0 Å². The molecule has 0 radical (unpaired) electrons. The van der Waals surface area contributed by atoms with Crippen LogP contribution >= 0.6 is 11.8 Å². The Hall–Kier alpha value is -0.200. The third kappa shape index (κ3) is 4.02. The number of rotatable bonds is 4. The Labute approximate surface area is 85.1 Å². The summed E-state index contributed by atoms with van der Waals surface area (Å²) < 4.78 is 0. The average Bonchev–Trinajstić information content (AvgIpc) is 2.57. The zero-order valence-corrected chi connectivity index (χ0v) is 9.28. The highest BCUT2D eigenvalue weighted by atomic mass is 32.2. The van der Waals surface area contributed by atoms with E-state index >= 15 is 0 Å². The van der Waals surface area contributed by atoms with Crippen molar-refractivity contribution in [1.29, 1.82) is 5.26 Å². The van der Waals surface area contributed by atoms with Crippen LogP contribution in [0.25, 0.3) is 0 Å². The van der Waals surface area contributed by atoms with Crippen LogP contribution in [-0.4, -0.2) is 24.1 Å². The molecule has 1 fully saturated rings. The number of nitrogens with one attached hydrogen (secondary N) is 1. The zero-order valence-electron chi connectivity index (χ0n) is 8.47. The first-order chi connectivity index (χ1) is 6.14. The molecule has 1 unspecified atom stereocenters. The van der Waals surface area contributed by atoms with E-state index in [1.165, 1.54) is 17.9 Å². The number of hydrogen-bond donors (Lipinski definition) is 1. The summed E-state index contributed by atoms with van der Waals surface area (Å²) in [6, 6.07) is 3.02. The van der Waals surface area contributed by atoms with Gasteiger partial charge in [-0.05, 0) is 39.0 Å². The Morgan fingerprint density at radius 3 is 2.92 bits per heavy atom. The fourth-order valence-corrected chi connectivity index (χ4v) is 2.53. The van der Waals surface area contributed by atoms with Crippen molar-refractivity contribution in [2.45, 2.75) is 32.7 Å². The van der Waals surface area contributed by atoms with Gasteiger partial charge in [0.2, 0.25) is 0 Å². The average molecular weight is 198 g/mol. The van der Waals surface area contributed by atoms with Crippen molar-refractivity contribution in [3.8, 4) is 6.07 Å². The summed E-state index contributed by atoms with van der Waals surface area (Å²) in [5, 5.41) is 12.3. The molecule has 1 rings (SSSR count). The monoisotopic (exact) mass is 198 g/mol. The summed E-state index contributed by atoms with van der Waals surface area (Å²) in [6.07, 6.45) is 2.24. The van der Waals surface area contributed by atoms with E-state index in [0.29, 0.717) is 6.04 Å². The molecule has 0 aliphatic carbocycles. The molecule has 1 N–H and O–H groups in total. The van der Waals surface area contributed by atoms with Crippen LogP contribution in [0.1, 0.15) is 26.7 Å². The molecule has 3 heteroatoms. The van der Waals surface area contributed by atoms with E-state index in [0.717, 1.165) is 13.0 Å². The van der Waals surface area contributed by atoms with Gasteiger partial charge in [-0.3, -0.25) is 0 Å². The van der Waals surface area contributed by atoms with E-state index in [-0.39, 0.29) is 5.41 Å². The molecule has 1 saturated heterocycles. The lowest BCUT2D eigenvalue weighted by Gasteiger charge is -2.17. The van der Waals surface area contributed by atoms with Crippen molar-refractivity contribution in [1.82, 2.24) is 5.32 Å². The van der Waals surface area contributed by atoms with Gasteiger partial charge < -0.3 is 5.32 Å². The van der Waals surface area contributed by atoms with Crippen molar-refractivity contribution in [3.63, 3.8) is 0 Å². The van der Waals surface area contributed by atoms with Gasteiger partial charge in [0, 0.05) is 11.8 Å². The summed E-state index contributed by atoms with van der Waals surface area (Å²) in [6.45, 7) is 4.97. The summed E-state index contributed by atoms with van der Waals surface area (Å²) in [7, 11) is 0. The van der Waals surface area contributed by atoms with Crippen molar-refractivity contribution in [3.05, 3.63) is 0 Å². The van der Waals surface area contributed by atoms with E-state index < -0.39 is 0 Å². The summed E-state index contributed by atoms with van der Waals surface area (Å²) in [5.41, 5.74) is -0.168. The van der Waals surface area contributed by atoms with Gasteiger partial charge in [0.05, 0.1) is 11.5 Å². The summed E-state index contributed by atoms with van der Waals surface area (Å²) in [4.78, 5) is 0. The van der Waals surface area contributed by atoms with Crippen LogP contribution in [0.3, 0.4) is 0 Å². The van der Waals surface area contributed by atoms with Gasteiger partial charge in [0.25, 0.3) is 0 Å². The van der Waals surface area contributed by atoms with Crippen LogP contribution in [0.2, 0.25) is 0 Å². The number of nitrogens with zero attached hydrogens (tertiary/aromatic N) is 1. The SMILES string of the molecule is CC(C)(C#N)CCNC1CCSC1. The van der Waals surface area contributed by atoms with Crippen LogP contribution in [0.15, 0.2) is 0 Å². The second-order valence-electron chi connectivity index (χ2n) is 4.26. The van der Waals surface area contributed by atoms with Crippen LogP contribution in [0.4, 0.5) is 0 Å². The Morgan fingerprint density at radius 1 is 1.62 bits per heavy atom. The quantitative estimate of drug-likeness (QED) is 0.750. The third-order valence-corrected chi connectivity index (χ3v) is 3.58. The highest BCUT2D eigenvalue weighted by Crippen LogP contribution is 2.19. The van der Waals surface area contributed by atoms with Crippen LogP contribution in [-0.2, 0) is 0 Å². The molecule has 0 bridgehead atoms. The first-order valence-electron chi connectivity index (χ1n) is 4.86. The van der Waals surface area contributed by atoms with Gasteiger partial charge >= 0.3 is 0 Å². The van der Waals surface area contributed by atoms with Gasteiger partial charge in [0.1, 0.15) is 0 Å². The fourth-order valence-electron chi connectivity index (χ4n) is 1.34. The van der Waals surface area contributed by atoms with E-state index in [4.69, 9.17) is 5.26 Å². The van der Waals surface area contributed by atoms with Crippen molar-refractivity contribution >= 4 is 11.8 Å². The Morgan fingerprint density at radius 2 is 2.38 bits per heavy atom. The molecule has 1 aliphatic rings. The Balaban J connectivity index is 2.10. The molecule has 0 aromatic carbocycles. The van der Waals surface area contributed by atoms with Gasteiger partial charge in [-0.15, -0.1) is 0 Å². The first-order valence-corrected chi connectivity index (χ1v) is 6.02. The highest BCUT2D eigenvalue weighted by Gasteiger charge is 2.18. The lowest BCUT2D eigenvalue weighted by Crippen LogP contribution is -2.31. The molecule has 1 atom stereocenters. The zero-order chi connectivity index (χ0) is 9.73. The largest absolute Gasteiger partial charge is 0.313 e. The maximum absolute atomic E-state index is 8.80. The smallest absolute Gasteiger partial charge is 0.0684 e. The molecule has 0 aromatic rings. The van der Waals surface area contributed by atoms with Gasteiger partial charge in [-0.1, -0.05) is 0 Å². The molecule has 2 nitrogen and oxygen atoms in total. The fraction of sp³-hybridized carbons (Fsp3) is 0.900. The summed E-state index contributed by atoms with van der Waals surface area (Å²) >= 11 is 2.02. The normalized spacial score (nSPS) is 23.0. The minimum atomic E-state index is -0.168. The van der Waals surface area contributed by atoms with Crippen LogP contribution in [0.5, 0.6) is 0 Å². The molecule has 13 heavy (non-hydrogen) atoms.